The number of rotatable bonds is 73. The molecule has 0 aliphatic rings. The van der Waals surface area contributed by atoms with E-state index in [9.17, 15) is 43.2 Å². The minimum Gasteiger partial charge on any atom is -0.462 e. The van der Waals surface area contributed by atoms with Gasteiger partial charge in [-0.25, -0.2) is 9.13 Å². The largest absolute Gasteiger partial charge is 0.472 e. The molecule has 0 bridgehead atoms. The molecular formula is C73H142O17P2. The third kappa shape index (κ3) is 66.7. The molecule has 0 aliphatic carbocycles. The standard InChI is InChI=1S/C73H142O17P2/c1-6-9-12-15-18-20-22-24-30-34-37-42-47-52-57-71(76)84-63-69(90-73(78)59-54-49-44-39-35-31-28-26-25-27-29-32-36-41-45-50-55-66(4)5)65-88-92(81,82)86-61-67(74)60-85-91(79,80)87-64-68(62-83-70(75)56-51-46-40-17-14-11-8-3)89-72(77)58-53-48-43-38-33-23-21-19-16-13-10-7-2/h66-69,74H,6-65H2,1-5H3,(H,79,80)(H,81,82)/t67-,68+,69+/m0/s1. The third-order valence-corrected chi connectivity index (χ3v) is 18.9. The van der Waals surface area contributed by atoms with Crippen molar-refractivity contribution in [2.75, 3.05) is 39.6 Å². The first kappa shape index (κ1) is 90.1. The van der Waals surface area contributed by atoms with Crippen LogP contribution in [0.4, 0.5) is 0 Å². The smallest absolute Gasteiger partial charge is 0.462 e. The van der Waals surface area contributed by atoms with Gasteiger partial charge in [-0.2, -0.15) is 0 Å². The minimum absolute atomic E-state index is 0.107. The zero-order valence-electron chi connectivity index (χ0n) is 59.7. The molecule has 2 unspecified atom stereocenters. The molecular weight excluding hydrogens is 1210 g/mol. The maximum Gasteiger partial charge on any atom is 0.472 e. The second kappa shape index (κ2) is 66.3. The van der Waals surface area contributed by atoms with Gasteiger partial charge in [0.2, 0.25) is 0 Å². The molecule has 0 spiro atoms. The van der Waals surface area contributed by atoms with Crippen LogP contribution in [0.1, 0.15) is 381 Å². The molecule has 0 heterocycles. The van der Waals surface area contributed by atoms with Crippen LogP contribution in [0.15, 0.2) is 0 Å². The summed E-state index contributed by atoms with van der Waals surface area (Å²) in [7, 11) is -9.90. The number of carbonyl (C=O) groups excluding carboxylic acids is 4. The second-order valence-electron chi connectivity index (χ2n) is 26.8. The van der Waals surface area contributed by atoms with E-state index < -0.39 is 97.5 Å². The zero-order chi connectivity index (χ0) is 67.7. The van der Waals surface area contributed by atoms with Crippen molar-refractivity contribution < 1.29 is 80.2 Å². The molecule has 5 atom stereocenters. The lowest BCUT2D eigenvalue weighted by Crippen LogP contribution is -2.30. The zero-order valence-corrected chi connectivity index (χ0v) is 61.5. The van der Waals surface area contributed by atoms with Gasteiger partial charge in [0.05, 0.1) is 26.4 Å². The van der Waals surface area contributed by atoms with Crippen molar-refractivity contribution in [3.05, 3.63) is 0 Å². The highest BCUT2D eigenvalue weighted by molar-refractivity contribution is 7.47. The van der Waals surface area contributed by atoms with E-state index in [0.29, 0.717) is 25.7 Å². The van der Waals surface area contributed by atoms with Crippen molar-refractivity contribution in [1.29, 1.82) is 0 Å². The van der Waals surface area contributed by atoms with Crippen LogP contribution in [-0.2, 0) is 65.4 Å². The Morgan fingerprint density at radius 2 is 0.500 bits per heavy atom. The summed E-state index contributed by atoms with van der Waals surface area (Å²) in [6, 6.07) is 0. The normalized spacial score (nSPS) is 14.0. The van der Waals surface area contributed by atoms with Crippen LogP contribution in [0.2, 0.25) is 0 Å². The SMILES string of the molecule is CCCCCCCCCCCCCCCCC(=O)OC[C@H](COP(=O)(O)OC[C@@H](O)COP(=O)(O)OC[C@@H](COC(=O)CCCCCCCCC)OC(=O)CCCCCCCCCCCCCC)OC(=O)CCCCCCCCCCCCCCCCCCC(C)C. The van der Waals surface area contributed by atoms with Gasteiger partial charge < -0.3 is 33.8 Å². The Labute approximate surface area is 562 Å². The first-order chi connectivity index (χ1) is 44.5. The number of phosphoric acid groups is 2. The first-order valence-electron chi connectivity index (χ1n) is 38.1. The fourth-order valence-electron chi connectivity index (χ4n) is 11.2. The summed E-state index contributed by atoms with van der Waals surface area (Å²) in [6.07, 6.45) is 54.1. The van der Waals surface area contributed by atoms with Gasteiger partial charge in [0.1, 0.15) is 19.3 Å². The van der Waals surface area contributed by atoms with Crippen LogP contribution in [-0.4, -0.2) is 96.7 Å². The maximum atomic E-state index is 13.1. The molecule has 19 heteroatoms. The van der Waals surface area contributed by atoms with Gasteiger partial charge in [-0.15, -0.1) is 0 Å². The van der Waals surface area contributed by atoms with Crippen molar-refractivity contribution in [2.45, 2.75) is 400 Å². The Hall–Kier alpha value is -1.94. The highest BCUT2D eigenvalue weighted by Gasteiger charge is 2.30. The van der Waals surface area contributed by atoms with Crippen molar-refractivity contribution in [3.63, 3.8) is 0 Å². The number of ether oxygens (including phenoxy) is 4. The quantitative estimate of drug-likeness (QED) is 0.0222. The van der Waals surface area contributed by atoms with Crippen molar-refractivity contribution >= 4 is 39.5 Å². The topological polar surface area (TPSA) is 237 Å². The molecule has 546 valence electrons. The third-order valence-electron chi connectivity index (χ3n) is 17.0. The van der Waals surface area contributed by atoms with Gasteiger partial charge in [0, 0.05) is 25.7 Å². The lowest BCUT2D eigenvalue weighted by Gasteiger charge is -2.21. The van der Waals surface area contributed by atoms with Crippen LogP contribution in [0, 0.1) is 5.92 Å². The van der Waals surface area contributed by atoms with Gasteiger partial charge in [0.25, 0.3) is 0 Å². The molecule has 3 N–H and O–H groups in total. The Kier molecular flexibility index (Phi) is 64.9. The van der Waals surface area contributed by atoms with Gasteiger partial charge in [-0.3, -0.25) is 37.3 Å². The van der Waals surface area contributed by atoms with E-state index >= 15 is 0 Å². The first-order valence-corrected chi connectivity index (χ1v) is 41.1. The van der Waals surface area contributed by atoms with Crippen molar-refractivity contribution in [2.24, 2.45) is 5.92 Å². The molecule has 0 saturated carbocycles. The fraction of sp³-hybridized carbons (Fsp3) is 0.945. The van der Waals surface area contributed by atoms with Gasteiger partial charge in [-0.05, 0) is 31.6 Å². The summed E-state index contributed by atoms with van der Waals surface area (Å²) in [5, 5.41) is 10.6. The second-order valence-corrected chi connectivity index (χ2v) is 29.7. The van der Waals surface area contributed by atoms with E-state index in [0.717, 1.165) is 109 Å². The molecule has 17 nitrogen and oxygen atoms in total. The van der Waals surface area contributed by atoms with Gasteiger partial charge in [0.15, 0.2) is 12.2 Å². The van der Waals surface area contributed by atoms with Crippen molar-refractivity contribution in [3.8, 4) is 0 Å². The molecule has 0 radical (unpaired) electrons. The summed E-state index contributed by atoms with van der Waals surface area (Å²) in [5.74, 6) is -1.31. The Morgan fingerprint density at radius 3 is 0.739 bits per heavy atom. The Morgan fingerprint density at radius 1 is 0.293 bits per heavy atom. The number of phosphoric ester groups is 2. The monoisotopic (exact) mass is 1350 g/mol. The predicted molar refractivity (Wildman–Crippen MR) is 372 cm³/mol. The summed E-state index contributed by atoms with van der Waals surface area (Å²) < 4.78 is 68.3. The van der Waals surface area contributed by atoms with Gasteiger partial charge in [-0.1, -0.05) is 330 Å². The fourth-order valence-corrected chi connectivity index (χ4v) is 12.8. The number of aliphatic hydroxyl groups excluding tert-OH is 1. The summed E-state index contributed by atoms with van der Waals surface area (Å²) in [5.41, 5.74) is 0. The molecule has 0 saturated heterocycles. The molecule has 92 heavy (non-hydrogen) atoms. The molecule has 0 aromatic heterocycles. The van der Waals surface area contributed by atoms with Gasteiger partial charge >= 0.3 is 39.5 Å². The van der Waals surface area contributed by atoms with Crippen LogP contribution < -0.4 is 0 Å². The molecule has 0 aromatic carbocycles. The molecule has 0 amide bonds. The highest BCUT2D eigenvalue weighted by Crippen LogP contribution is 2.45. The van der Waals surface area contributed by atoms with E-state index in [2.05, 4.69) is 34.6 Å². The molecule has 0 rings (SSSR count). The van der Waals surface area contributed by atoms with E-state index in [1.807, 2.05) is 0 Å². The highest BCUT2D eigenvalue weighted by atomic mass is 31.2. The van der Waals surface area contributed by atoms with Crippen LogP contribution in [0.3, 0.4) is 0 Å². The number of hydrogen-bond acceptors (Lipinski definition) is 15. The molecule has 0 fully saturated rings. The summed E-state index contributed by atoms with van der Waals surface area (Å²) in [6.45, 7) is 7.26. The lowest BCUT2D eigenvalue weighted by atomic mass is 10.0. The van der Waals surface area contributed by atoms with Crippen LogP contribution in [0.25, 0.3) is 0 Å². The molecule has 0 aliphatic heterocycles. The average Bonchev–Trinajstić information content (AvgIpc) is 2.26. The Bertz CT molecular complexity index is 1770. The lowest BCUT2D eigenvalue weighted by molar-refractivity contribution is -0.161. The van der Waals surface area contributed by atoms with Crippen LogP contribution in [0.5, 0.6) is 0 Å². The van der Waals surface area contributed by atoms with E-state index in [4.69, 9.17) is 37.0 Å². The average molecular weight is 1350 g/mol. The number of aliphatic hydroxyl groups is 1. The van der Waals surface area contributed by atoms with Crippen LogP contribution >= 0.6 is 15.6 Å². The van der Waals surface area contributed by atoms with E-state index in [-0.39, 0.29) is 25.7 Å². The van der Waals surface area contributed by atoms with E-state index in [1.54, 1.807) is 0 Å². The number of hydrogen-bond donors (Lipinski definition) is 3. The molecule has 0 aromatic rings. The maximum absolute atomic E-state index is 13.1. The number of carbonyl (C=O) groups is 4. The van der Waals surface area contributed by atoms with Crippen molar-refractivity contribution in [1.82, 2.24) is 0 Å². The Balaban J connectivity index is 5.18. The number of esters is 4. The summed E-state index contributed by atoms with van der Waals surface area (Å²) >= 11 is 0. The van der Waals surface area contributed by atoms with E-state index in [1.165, 1.54) is 193 Å². The number of unbranched alkanes of at least 4 members (excludes halogenated alkanes) is 45. The predicted octanol–water partition coefficient (Wildman–Crippen LogP) is 21.3. The minimum atomic E-state index is -4.95. The summed E-state index contributed by atoms with van der Waals surface area (Å²) in [4.78, 5) is 72.5.